The number of hydrogen-bond donors (Lipinski definition) is 1. The molecule has 5 aliphatic rings. The molecule has 0 bridgehead atoms. The van der Waals surface area contributed by atoms with Gasteiger partial charge in [0.25, 0.3) is 0 Å². The first-order chi connectivity index (χ1) is 17.2. The van der Waals surface area contributed by atoms with Gasteiger partial charge < -0.3 is 5.32 Å². The molecule has 0 radical (unpaired) electrons. The van der Waals surface area contributed by atoms with Gasteiger partial charge in [-0.15, -0.1) is 0 Å². The minimum atomic E-state index is -0.480. The average Bonchev–Trinajstić information content (AvgIpc) is 2.83. The van der Waals surface area contributed by atoms with Gasteiger partial charge in [0.1, 0.15) is 6.07 Å². The van der Waals surface area contributed by atoms with E-state index in [9.17, 15) is 19.6 Å². The van der Waals surface area contributed by atoms with Gasteiger partial charge in [0.2, 0.25) is 5.91 Å². The summed E-state index contributed by atoms with van der Waals surface area (Å²) in [7, 11) is 0. The van der Waals surface area contributed by atoms with Crippen molar-refractivity contribution in [3.05, 3.63) is 23.3 Å². The van der Waals surface area contributed by atoms with Gasteiger partial charge in [-0.2, -0.15) is 5.26 Å². The lowest BCUT2D eigenvalue weighted by atomic mass is 9.36. The maximum atomic E-state index is 14.4. The van der Waals surface area contributed by atoms with E-state index in [0.29, 0.717) is 6.42 Å². The third-order valence-corrected chi connectivity index (χ3v) is 12.2. The molecule has 5 aliphatic carbocycles. The van der Waals surface area contributed by atoms with E-state index in [1.54, 1.807) is 0 Å². The largest absolute Gasteiger partial charge is 0.350 e. The van der Waals surface area contributed by atoms with Crippen LogP contribution in [0.2, 0.25) is 0 Å². The summed E-state index contributed by atoms with van der Waals surface area (Å²) in [4.78, 5) is 40.0. The maximum absolute atomic E-state index is 14.4. The average molecular weight is 505 g/mol. The molecule has 8 atom stereocenters. The van der Waals surface area contributed by atoms with Crippen LogP contribution in [-0.2, 0) is 14.4 Å². The number of nitriles is 1. The zero-order chi connectivity index (χ0) is 27.2. The van der Waals surface area contributed by atoms with Crippen molar-refractivity contribution in [1.29, 1.82) is 5.26 Å². The van der Waals surface area contributed by atoms with Crippen molar-refractivity contribution in [3.63, 3.8) is 0 Å². The predicted octanol–water partition coefficient (Wildman–Crippen LogP) is 6.09. The molecule has 200 valence electrons. The van der Waals surface area contributed by atoms with E-state index in [2.05, 4.69) is 46.0 Å². The molecule has 5 nitrogen and oxygen atoms in total. The fraction of sp³-hybridized carbons (Fsp3) is 0.750. The van der Waals surface area contributed by atoms with Crippen molar-refractivity contribution < 1.29 is 14.4 Å². The first kappa shape index (κ1) is 26.4. The number of carbonyl (C=O) groups is 3. The molecule has 0 aromatic rings. The van der Waals surface area contributed by atoms with E-state index in [1.165, 1.54) is 0 Å². The topological polar surface area (TPSA) is 87.0 Å². The van der Waals surface area contributed by atoms with Gasteiger partial charge in [-0.05, 0) is 79.1 Å². The van der Waals surface area contributed by atoms with E-state index in [1.807, 2.05) is 26.0 Å². The number of Topliss-reactive ketones (excluding diaryl/α,β-unsaturated/α-hetero) is 1. The second-order valence-corrected chi connectivity index (χ2v) is 14.5. The molecule has 0 spiro atoms. The summed E-state index contributed by atoms with van der Waals surface area (Å²) in [6.45, 7) is 15.3. The molecule has 0 aromatic carbocycles. The molecular formula is C32H44N2O3. The Bertz CT molecular complexity index is 1170. The Kier molecular flexibility index (Phi) is 5.81. The van der Waals surface area contributed by atoms with Crippen molar-refractivity contribution in [3.8, 4) is 6.07 Å². The third-order valence-electron chi connectivity index (χ3n) is 12.2. The number of ketones is 2. The molecule has 1 amide bonds. The second-order valence-electron chi connectivity index (χ2n) is 14.5. The Morgan fingerprint density at radius 3 is 2.38 bits per heavy atom. The van der Waals surface area contributed by atoms with Crippen LogP contribution in [0.1, 0.15) is 99.8 Å². The SMILES string of the molecule is CCC(=O)NC12CCC(C)(C)CC1C1C(=O)C=C3C4(C)C=C(C#N)C(=O)C(C)C4CCC3(C)C1(C)CC2. The lowest BCUT2D eigenvalue weighted by Gasteiger charge is -2.68. The summed E-state index contributed by atoms with van der Waals surface area (Å²) >= 11 is 0. The van der Waals surface area contributed by atoms with Crippen LogP contribution in [0, 0.1) is 56.7 Å². The molecule has 8 unspecified atom stereocenters. The predicted molar refractivity (Wildman–Crippen MR) is 143 cm³/mol. The number of allylic oxidation sites excluding steroid dienone is 4. The monoisotopic (exact) mass is 504 g/mol. The third kappa shape index (κ3) is 3.43. The zero-order valence-electron chi connectivity index (χ0n) is 23.8. The Morgan fingerprint density at radius 2 is 1.73 bits per heavy atom. The fourth-order valence-electron chi connectivity index (χ4n) is 9.84. The fourth-order valence-corrected chi connectivity index (χ4v) is 9.84. The Hall–Kier alpha value is -2.22. The van der Waals surface area contributed by atoms with Crippen LogP contribution in [0.15, 0.2) is 23.3 Å². The maximum Gasteiger partial charge on any atom is 0.220 e. The van der Waals surface area contributed by atoms with Gasteiger partial charge in [-0.25, -0.2) is 0 Å². The van der Waals surface area contributed by atoms with Crippen molar-refractivity contribution in [2.24, 2.45) is 45.3 Å². The zero-order valence-corrected chi connectivity index (χ0v) is 23.8. The van der Waals surface area contributed by atoms with Gasteiger partial charge in [0, 0.05) is 29.2 Å². The van der Waals surface area contributed by atoms with Gasteiger partial charge in [-0.3, -0.25) is 14.4 Å². The molecule has 3 saturated carbocycles. The van der Waals surface area contributed by atoms with Gasteiger partial charge >= 0.3 is 0 Å². The Balaban J connectivity index is 1.66. The second kappa shape index (κ2) is 8.14. The van der Waals surface area contributed by atoms with Crippen molar-refractivity contribution in [2.45, 2.75) is 105 Å². The van der Waals surface area contributed by atoms with E-state index in [-0.39, 0.29) is 68.5 Å². The normalized spacial score (nSPS) is 46.2. The van der Waals surface area contributed by atoms with Crippen molar-refractivity contribution in [1.82, 2.24) is 5.32 Å². The lowest BCUT2D eigenvalue weighted by Crippen LogP contribution is -2.69. The molecule has 1 N–H and O–H groups in total. The van der Waals surface area contributed by atoms with Gasteiger partial charge in [0.05, 0.1) is 5.57 Å². The molecular weight excluding hydrogens is 460 g/mol. The molecule has 5 heteroatoms. The van der Waals surface area contributed by atoms with Crippen molar-refractivity contribution in [2.75, 3.05) is 0 Å². The minimum Gasteiger partial charge on any atom is -0.350 e. The van der Waals surface area contributed by atoms with E-state index in [0.717, 1.165) is 50.5 Å². The quantitative estimate of drug-likeness (QED) is 0.493. The Morgan fingerprint density at radius 1 is 1.05 bits per heavy atom. The molecule has 3 fully saturated rings. The van der Waals surface area contributed by atoms with Crippen LogP contribution in [0.3, 0.4) is 0 Å². The van der Waals surface area contributed by atoms with Crippen LogP contribution in [0.5, 0.6) is 0 Å². The van der Waals surface area contributed by atoms with Gasteiger partial charge in [-0.1, -0.05) is 60.1 Å². The number of nitrogens with one attached hydrogen (secondary N) is 1. The van der Waals surface area contributed by atoms with Crippen LogP contribution in [0.4, 0.5) is 0 Å². The van der Waals surface area contributed by atoms with E-state index >= 15 is 0 Å². The standard InChI is InChI=1S/C32H44N2O3/c1-8-25(36)34-32-13-11-28(3,4)17-22(32)26-23(35)15-24-29(5)16-20(18-33)27(37)19(2)21(29)9-10-30(24,6)31(26,7)12-14-32/h15-16,19,21-22,26H,8-14,17H2,1-7H3,(H,34,36). The summed E-state index contributed by atoms with van der Waals surface area (Å²) in [5.41, 5.74) is 0.253. The number of rotatable bonds is 2. The summed E-state index contributed by atoms with van der Waals surface area (Å²) in [5, 5.41) is 13.2. The molecule has 0 aromatic heterocycles. The first-order valence-corrected chi connectivity index (χ1v) is 14.4. The summed E-state index contributed by atoms with van der Waals surface area (Å²) in [6.07, 6.45) is 10.9. The number of hydrogen-bond acceptors (Lipinski definition) is 4. The highest BCUT2D eigenvalue weighted by molar-refractivity contribution is 6.02. The number of fused-ring (bicyclic) bond motifs is 7. The first-order valence-electron chi connectivity index (χ1n) is 14.4. The summed E-state index contributed by atoms with van der Waals surface area (Å²) in [6, 6.07) is 2.16. The van der Waals surface area contributed by atoms with Crippen LogP contribution in [0.25, 0.3) is 0 Å². The summed E-state index contributed by atoms with van der Waals surface area (Å²) in [5.74, 6) is 0.0543. The number of amides is 1. The minimum absolute atomic E-state index is 0.0565. The van der Waals surface area contributed by atoms with E-state index < -0.39 is 5.41 Å². The van der Waals surface area contributed by atoms with Gasteiger partial charge in [0.15, 0.2) is 11.6 Å². The van der Waals surface area contributed by atoms with Crippen LogP contribution in [-0.4, -0.2) is 23.0 Å². The van der Waals surface area contributed by atoms with E-state index in [4.69, 9.17) is 0 Å². The smallest absolute Gasteiger partial charge is 0.220 e. The van der Waals surface area contributed by atoms with Crippen LogP contribution >= 0.6 is 0 Å². The molecule has 5 rings (SSSR count). The Labute approximate surface area is 222 Å². The summed E-state index contributed by atoms with van der Waals surface area (Å²) < 4.78 is 0. The highest BCUT2D eigenvalue weighted by Crippen LogP contribution is 2.72. The number of nitrogens with zero attached hydrogens (tertiary/aromatic N) is 1. The lowest BCUT2D eigenvalue weighted by molar-refractivity contribution is -0.162. The molecule has 37 heavy (non-hydrogen) atoms. The van der Waals surface area contributed by atoms with Crippen molar-refractivity contribution >= 4 is 17.5 Å². The van der Waals surface area contributed by atoms with Crippen LogP contribution < -0.4 is 5.32 Å². The highest BCUT2D eigenvalue weighted by atomic mass is 16.2. The molecule has 0 heterocycles. The molecule has 0 saturated heterocycles. The molecule has 0 aliphatic heterocycles. The highest BCUT2D eigenvalue weighted by Gasteiger charge is 2.69. The number of carbonyl (C=O) groups excluding carboxylic acids is 3.